The van der Waals surface area contributed by atoms with Gasteiger partial charge in [0, 0.05) is 25.4 Å². The van der Waals surface area contributed by atoms with Crippen LogP contribution in [0.4, 0.5) is 0 Å². The van der Waals surface area contributed by atoms with Crippen LogP contribution in [0.5, 0.6) is 5.75 Å². The summed E-state index contributed by atoms with van der Waals surface area (Å²) in [6.45, 7) is 3.67. The van der Waals surface area contributed by atoms with Gasteiger partial charge in [-0.15, -0.1) is 0 Å². The summed E-state index contributed by atoms with van der Waals surface area (Å²) in [5.74, 6) is 1.38. The summed E-state index contributed by atoms with van der Waals surface area (Å²) in [6, 6.07) is 15.9. The average molecular weight is 359 g/mol. The number of hydrogen-bond donors (Lipinski definition) is 0. The van der Waals surface area contributed by atoms with Gasteiger partial charge in [0.05, 0.1) is 12.1 Å². The summed E-state index contributed by atoms with van der Waals surface area (Å²) in [4.78, 5) is 23.4. The number of fused-ring (bicyclic) bond motifs is 1. The maximum Gasteiger partial charge on any atom is 0.257 e. The molecule has 0 aliphatic carbocycles. The van der Waals surface area contributed by atoms with Gasteiger partial charge in [-0.25, -0.2) is 9.97 Å². The maximum atomic E-state index is 13.1. The molecular weight excluding hydrogens is 338 g/mol. The fourth-order valence-electron chi connectivity index (χ4n) is 3.19. The molecule has 5 heteroatoms. The number of aryl methyl sites for hydroxylation is 1. The number of ether oxygens (including phenoxy) is 1. The third-order valence-electron chi connectivity index (χ3n) is 4.73. The van der Waals surface area contributed by atoms with Crippen molar-refractivity contribution in [2.24, 2.45) is 0 Å². The van der Waals surface area contributed by atoms with Gasteiger partial charge in [0.15, 0.2) is 0 Å². The van der Waals surface area contributed by atoms with Crippen LogP contribution in [0.25, 0.3) is 11.1 Å². The molecule has 2 heterocycles. The Morgan fingerprint density at radius 3 is 2.56 bits per heavy atom. The lowest BCUT2D eigenvalue weighted by Crippen LogP contribution is -2.34. The first-order chi connectivity index (χ1) is 13.2. The molecule has 0 unspecified atom stereocenters. The van der Waals surface area contributed by atoms with Crippen LogP contribution in [0, 0.1) is 6.92 Å². The first kappa shape index (κ1) is 17.2. The number of amides is 1. The lowest BCUT2D eigenvalue weighted by atomic mass is 10.0. The highest BCUT2D eigenvalue weighted by Crippen LogP contribution is 2.29. The van der Waals surface area contributed by atoms with E-state index in [1.165, 1.54) is 5.56 Å². The summed E-state index contributed by atoms with van der Waals surface area (Å²) in [5, 5.41) is 0. The molecule has 2 aromatic carbocycles. The van der Waals surface area contributed by atoms with E-state index in [4.69, 9.17) is 4.74 Å². The van der Waals surface area contributed by atoms with Crippen LogP contribution in [0.2, 0.25) is 0 Å². The van der Waals surface area contributed by atoms with Gasteiger partial charge in [-0.1, -0.05) is 35.9 Å². The second kappa shape index (κ2) is 7.58. The predicted octanol–water partition coefficient (Wildman–Crippen LogP) is 3.53. The minimum atomic E-state index is -0.00704. The second-order valence-electron chi connectivity index (χ2n) is 6.63. The van der Waals surface area contributed by atoms with Crippen LogP contribution in [0.15, 0.2) is 60.9 Å². The van der Waals surface area contributed by atoms with Crippen molar-refractivity contribution < 1.29 is 9.53 Å². The summed E-state index contributed by atoms with van der Waals surface area (Å²) in [7, 11) is 0. The van der Waals surface area contributed by atoms with Crippen molar-refractivity contribution in [1.29, 1.82) is 0 Å². The fourth-order valence-corrected chi connectivity index (χ4v) is 3.19. The molecule has 0 fully saturated rings. The average Bonchev–Trinajstić information content (AvgIpc) is 2.86. The van der Waals surface area contributed by atoms with Gasteiger partial charge in [0.25, 0.3) is 5.91 Å². The van der Waals surface area contributed by atoms with E-state index in [9.17, 15) is 4.79 Å². The van der Waals surface area contributed by atoms with E-state index < -0.39 is 0 Å². The number of rotatable bonds is 4. The third kappa shape index (κ3) is 3.82. The molecule has 4 rings (SSSR count). The monoisotopic (exact) mass is 359 g/mol. The molecule has 0 saturated carbocycles. The number of aromatic nitrogens is 2. The van der Waals surface area contributed by atoms with E-state index in [1.54, 1.807) is 18.5 Å². The van der Waals surface area contributed by atoms with Crippen molar-refractivity contribution >= 4 is 5.91 Å². The molecule has 0 saturated heterocycles. The third-order valence-corrected chi connectivity index (χ3v) is 4.73. The largest absolute Gasteiger partial charge is 0.491 e. The molecule has 0 bridgehead atoms. The molecule has 3 aromatic rings. The van der Waals surface area contributed by atoms with E-state index in [1.807, 2.05) is 23.1 Å². The van der Waals surface area contributed by atoms with Gasteiger partial charge in [0.1, 0.15) is 18.2 Å². The van der Waals surface area contributed by atoms with Gasteiger partial charge in [-0.05, 0) is 36.2 Å². The summed E-state index contributed by atoms with van der Waals surface area (Å²) in [6.07, 6.45) is 4.07. The molecule has 5 nitrogen and oxygen atoms in total. The number of carbonyl (C=O) groups is 1. The van der Waals surface area contributed by atoms with Gasteiger partial charge in [0.2, 0.25) is 0 Å². The Morgan fingerprint density at radius 2 is 1.78 bits per heavy atom. The van der Waals surface area contributed by atoms with E-state index in [-0.39, 0.29) is 5.91 Å². The zero-order chi connectivity index (χ0) is 18.6. The van der Waals surface area contributed by atoms with Crippen molar-refractivity contribution in [3.63, 3.8) is 0 Å². The zero-order valence-corrected chi connectivity index (χ0v) is 15.3. The highest BCUT2D eigenvalue weighted by molar-refractivity contribution is 5.98. The molecule has 27 heavy (non-hydrogen) atoms. The number of nitrogens with zero attached hydrogens (tertiary/aromatic N) is 3. The van der Waals surface area contributed by atoms with Crippen LogP contribution in [0.3, 0.4) is 0 Å². The van der Waals surface area contributed by atoms with E-state index in [0.717, 1.165) is 17.0 Å². The van der Waals surface area contributed by atoms with Gasteiger partial charge in [-0.2, -0.15) is 0 Å². The molecule has 1 aliphatic rings. The van der Waals surface area contributed by atoms with Crippen LogP contribution < -0.4 is 4.74 Å². The smallest absolute Gasteiger partial charge is 0.257 e. The van der Waals surface area contributed by atoms with E-state index >= 15 is 0 Å². The quantitative estimate of drug-likeness (QED) is 0.715. The Kier molecular flexibility index (Phi) is 4.83. The molecule has 0 spiro atoms. The lowest BCUT2D eigenvalue weighted by Gasteiger charge is -2.19. The second-order valence-corrected chi connectivity index (χ2v) is 6.63. The van der Waals surface area contributed by atoms with Crippen LogP contribution >= 0.6 is 0 Å². The summed E-state index contributed by atoms with van der Waals surface area (Å²) in [5.41, 5.74) is 3.92. The predicted molar refractivity (Wildman–Crippen MR) is 104 cm³/mol. The van der Waals surface area contributed by atoms with Crippen molar-refractivity contribution in [2.45, 2.75) is 13.3 Å². The maximum absolute atomic E-state index is 13.1. The molecule has 0 radical (unpaired) electrons. The topological polar surface area (TPSA) is 55.3 Å². The lowest BCUT2D eigenvalue weighted by molar-refractivity contribution is 0.0757. The Bertz CT molecular complexity index is 940. The Labute approximate surface area is 158 Å². The van der Waals surface area contributed by atoms with Crippen molar-refractivity contribution in [3.05, 3.63) is 77.9 Å². The number of benzene rings is 2. The first-order valence-electron chi connectivity index (χ1n) is 9.10. The summed E-state index contributed by atoms with van der Waals surface area (Å²) >= 11 is 0. The highest BCUT2D eigenvalue weighted by atomic mass is 16.5. The van der Waals surface area contributed by atoms with Gasteiger partial charge < -0.3 is 9.64 Å². The van der Waals surface area contributed by atoms with Crippen LogP contribution in [-0.2, 0) is 6.42 Å². The standard InChI is InChI=1S/C22H21N3O2/c1-16-3-5-17(6-4-16)18-7-8-20-19(15-18)22(26)25(13-14-27-20)12-9-21-23-10-2-11-24-21/h2-8,10-11,15H,9,12-14H2,1H3. The minimum absolute atomic E-state index is 0.00704. The molecule has 1 amide bonds. The summed E-state index contributed by atoms with van der Waals surface area (Å²) < 4.78 is 5.82. The zero-order valence-electron chi connectivity index (χ0n) is 15.3. The first-order valence-corrected chi connectivity index (χ1v) is 9.10. The van der Waals surface area contributed by atoms with Crippen LogP contribution in [-0.4, -0.2) is 40.5 Å². The SMILES string of the molecule is Cc1ccc(-c2ccc3c(c2)C(=O)N(CCc2ncccn2)CCO3)cc1. The van der Waals surface area contributed by atoms with Crippen molar-refractivity contribution in [3.8, 4) is 16.9 Å². The minimum Gasteiger partial charge on any atom is -0.491 e. The highest BCUT2D eigenvalue weighted by Gasteiger charge is 2.24. The fraction of sp³-hybridized carbons (Fsp3) is 0.227. The Hall–Kier alpha value is -3.21. The van der Waals surface area contributed by atoms with Gasteiger partial charge in [-0.3, -0.25) is 4.79 Å². The molecule has 1 aliphatic heterocycles. The van der Waals surface area contributed by atoms with Gasteiger partial charge >= 0.3 is 0 Å². The van der Waals surface area contributed by atoms with Crippen LogP contribution in [0.1, 0.15) is 21.7 Å². The molecule has 136 valence electrons. The van der Waals surface area contributed by atoms with Crippen molar-refractivity contribution in [1.82, 2.24) is 14.9 Å². The van der Waals surface area contributed by atoms with E-state index in [2.05, 4.69) is 41.2 Å². The number of carbonyl (C=O) groups excluding carboxylic acids is 1. The normalized spacial score (nSPS) is 13.7. The van der Waals surface area contributed by atoms with Crippen molar-refractivity contribution in [2.75, 3.05) is 19.7 Å². The molecule has 1 aromatic heterocycles. The Balaban J connectivity index is 1.58. The van der Waals surface area contributed by atoms with E-state index in [0.29, 0.717) is 37.4 Å². The molecular formula is C22H21N3O2. The Morgan fingerprint density at radius 1 is 1.04 bits per heavy atom. The molecule has 0 atom stereocenters. The number of hydrogen-bond acceptors (Lipinski definition) is 4. The molecule has 0 N–H and O–H groups in total.